The van der Waals surface area contributed by atoms with Gasteiger partial charge in [-0.05, 0) is 48.0 Å². The number of ether oxygens (including phenoxy) is 1. The molecule has 3 rings (SSSR count). The summed E-state index contributed by atoms with van der Waals surface area (Å²) in [6.45, 7) is -0.192. The minimum absolute atomic E-state index is 0.0423. The zero-order valence-electron chi connectivity index (χ0n) is 15.6. The van der Waals surface area contributed by atoms with E-state index < -0.39 is 26.8 Å². The van der Waals surface area contributed by atoms with E-state index >= 15 is 0 Å². The van der Waals surface area contributed by atoms with Gasteiger partial charge in [0.1, 0.15) is 16.8 Å². The maximum absolute atomic E-state index is 13.2. The first kappa shape index (κ1) is 20.5. The first-order valence-corrected chi connectivity index (χ1v) is 10.3. The highest BCUT2D eigenvalue weighted by Gasteiger charge is 2.30. The van der Waals surface area contributed by atoms with Crippen molar-refractivity contribution in [3.8, 4) is 5.75 Å². The third-order valence-electron chi connectivity index (χ3n) is 4.37. The van der Waals surface area contributed by atoms with Crippen molar-refractivity contribution in [2.75, 3.05) is 13.7 Å². The fourth-order valence-corrected chi connectivity index (χ4v) is 4.52. The van der Waals surface area contributed by atoms with Crippen molar-refractivity contribution in [1.82, 2.24) is 10.3 Å². The van der Waals surface area contributed by atoms with Gasteiger partial charge >= 0.3 is 0 Å². The van der Waals surface area contributed by atoms with Crippen LogP contribution in [0.25, 0.3) is 0 Å². The van der Waals surface area contributed by atoms with Gasteiger partial charge in [0, 0.05) is 18.9 Å². The molecule has 0 spiro atoms. The molecule has 0 radical (unpaired) electrons. The molecule has 0 aliphatic rings. The maximum atomic E-state index is 13.2. The number of carbonyl (C=O) groups is 1. The minimum Gasteiger partial charge on any atom is -0.496 e. The molecular formula is C21H19FN2O4S. The molecule has 0 saturated heterocycles. The number of aromatic nitrogens is 1. The second kappa shape index (κ2) is 8.83. The monoisotopic (exact) mass is 414 g/mol. The first-order chi connectivity index (χ1) is 13.9. The smallest absolute Gasteiger partial charge is 0.255 e. The van der Waals surface area contributed by atoms with E-state index in [9.17, 15) is 17.6 Å². The average Bonchev–Trinajstić information content (AvgIpc) is 2.74. The summed E-state index contributed by atoms with van der Waals surface area (Å²) in [5.41, 5.74) is 0.705. The van der Waals surface area contributed by atoms with Crippen molar-refractivity contribution < 1.29 is 22.3 Å². The Morgan fingerprint density at radius 2 is 1.83 bits per heavy atom. The summed E-state index contributed by atoms with van der Waals surface area (Å²) in [7, 11) is -2.47. The lowest BCUT2D eigenvalue weighted by Crippen LogP contribution is -2.32. The van der Waals surface area contributed by atoms with E-state index in [1.54, 1.807) is 36.4 Å². The molecule has 1 amide bonds. The molecule has 2 aromatic carbocycles. The molecule has 0 aliphatic carbocycles. The van der Waals surface area contributed by atoms with Crippen LogP contribution in [-0.4, -0.2) is 33.0 Å². The van der Waals surface area contributed by atoms with E-state index in [2.05, 4.69) is 10.3 Å². The van der Waals surface area contributed by atoms with Gasteiger partial charge in [-0.1, -0.05) is 18.2 Å². The van der Waals surface area contributed by atoms with Crippen LogP contribution in [-0.2, 0) is 9.84 Å². The Hall–Kier alpha value is -3.26. The Bertz CT molecular complexity index is 1090. The molecule has 8 heteroatoms. The molecule has 1 N–H and O–H groups in total. The predicted molar refractivity (Wildman–Crippen MR) is 106 cm³/mol. The zero-order valence-corrected chi connectivity index (χ0v) is 16.4. The number of methoxy groups -OCH3 is 1. The van der Waals surface area contributed by atoms with Crippen LogP contribution in [0.5, 0.6) is 5.75 Å². The highest BCUT2D eigenvalue weighted by molar-refractivity contribution is 7.91. The Morgan fingerprint density at radius 3 is 2.48 bits per heavy atom. The summed E-state index contributed by atoms with van der Waals surface area (Å²) in [6.07, 6.45) is 2.96. The number of pyridine rings is 1. The summed E-state index contributed by atoms with van der Waals surface area (Å²) in [5, 5.41) is 1.56. The number of benzene rings is 2. The lowest BCUT2D eigenvalue weighted by molar-refractivity contribution is 0.0950. The van der Waals surface area contributed by atoms with E-state index in [0.29, 0.717) is 16.9 Å². The summed E-state index contributed by atoms with van der Waals surface area (Å²) in [4.78, 5) is 16.6. The SMILES string of the molecule is COc1ccccc1C(=O)NC[C@H](c1cccnc1)S(=O)(=O)c1ccc(F)cc1. The van der Waals surface area contributed by atoms with Crippen LogP contribution in [0, 0.1) is 5.82 Å². The van der Waals surface area contributed by atoms with Crippen LogP contribution in [0.1, 0.15) is 21.2 Å². The highest BCUT2D eigenvalue weighted by Crippen LogP contribution is 2.28. The second-order valence-corrected chi connectivity index (χ2v) is 8.31. The molecule has 0 saturated carbocycles. The first-order valence-electron chi connectivity index (χ1n) is 8.74. The van der Waals surface area contributed by atoms with E-state index in [1.165, 1.54) is 31.6 Å². The average molecular weight is 414 g/mol. The number of hydrogen-bond donors (Lipinski definition) is 1. The predicted octanol–water partition coefficient (Wildman–Crippen LogP) is 3.17. The van der Waals surface area contributed by atoms with E-state index in [0.717, 1.165) is 12.1 Å². The van der Waals surface area contributed by atoms with Gasteiger partial charge in [0.2, 0.25) is 0 Å². The quantitative estimate of drug-likeness (QED) is 0.600. The largest absolute Gasteiger partial charge is 0.496 e. The molecule has 0 bridgehead atoms. The Morgan fingerprint density at radius 1 is 1.10 bits per heavy atom. The fourth-order valence-electron chi connectivity index (χ4n) is 2.87. The summed E-state index contributed by atoms with van der Waals surface area (Å²) in [5.74, 6) is -0.624. The number of nitrogens with zero attached hydrogens (tertiary/aromatic N) is 1. The van der Waals surface area contributed by atoms with E-state index in [4.69, 9.17) is 4.74 Å². The maximum Gasteiger partial charge on any atom is 0.255 e. The topological polar surface area (TPSA) is 85.4 Å². The van der Waals surface area contributed by atoms with Crippen molar-refractivity contribution in [3.05, 3.63) is 90.0 Å². The molecule has 150 valence electrons. The van der Waals surface area contributed by atoms with Gasteiger partial charge < -0.3 is 10.1 Å². The molecule has 1 heterocycles. The molecule has 0 aliphatic heterocycles. The standard InChI is InChI=1S/C21H19FN2O4S/c1-28-19-7-3-2-6-18(19)21(25)24-14-20(15-5-4-12-23-13-15)29(26,27)17-10-8-16(22)9-11-17/h2-13,20H,14H2,1H3,(H,24,25)/t20-/m1/s1. The highest BCUT2D eigenvalue weighted by atomic mass is 32.2. The number of nitrogens with one attached hydrogen (secondary N) is 1. The number of carbonyl (C=O) groups excluding carboxylic acids is 1. The van der Waals surface area contributed by atoms with Crippen molar-refractivity contribution in [2.24, 2.45) is 0 Å². The van der Waals surface area contributed by atoms with Crippen molar-refractivity contribution >= 4 is 15.7 Å². The molecule has 3 aromatic rings. The van der Waals surface area contributed by atoms with Gasteiger partial charge in [0.05, 0.1) is 17.6 Å². The third kappa shape index (κ3) is 4.60. The molecule has 0 fully saturated rings. The van der Waals surface area contributed by atoms with Crippen LogP contribution in [0.15, 0.2) is 78.0 Å². The van der Waals surface area contributed by atoms with Gasteiger partial charge in [-0.15, -0.1) is 0 Å². The van der Waals surface area contributed by atoms with Crippen molar-refractivity contribution in [3.63, 3.8) is 0 Å². The second-order valence-electron chi connectivity index (χ2n) is 6.18. The van der Waals surface area contributed by atoms with Gasteiger partial charge in [-0.25, -0.2) is 12.8 Å². The van der Waals surface area contributed by atoms with E-state index in [1.807, 2.05) is 0 Å². The summed E-state index contributed by atoms with van der Waals surface area (Å²) in [6, 6.07) is 14.5. The summed E-state index contributed by atoms with van der Waals surface area (Å²) >= 11 is 0. The van der Waals surface area contributed by atoms with Gasteiger partial charge in [-0.3, -0.25) is 9.78 Å². The van der Waals surface area contributed by atoms with Crippen molar-refractivity contribution in [1.29, 1.82) is 0 Å². The van der Waals surface area contributed by atoms with Crippen molar-refractivity contribution in [2.45, 2.75) is 10.1 Å². The Balaban J connectivity index is 1.91. The molecule has 1 aromatic heterocycles. The number of sulfone groups is 1. The molecule has 6 nitrogen and oxygen atoms in total. The van der Waals surface area contributed by atoms with Gasteiger partial charge in [0.15, 0.2) is 9.84 Å². The third-order valence-corrected chi connectivity index (χ3v) is 6.49. The molecule has 0 unspecified atom stereocenters. The zero-order chi connectivity index (χ0) is 20.9. The number of hydrogen-bond acceptors (Lipinski definition) is 5. The number of halogens is 1. The number of rotatable bonds is 7. The van der Waals surface area contributed by atoms with Gasteiger partial charge in [0.25, 0.3) is 5.91 Å². The normalized spacial score (nSPS) is 12.2. The van der Waals surface area contributed by atoms with Crippen LogP contribution >= 0.6 is 0 Å². The van der Waals surface area contributed by atoms with Crippen LogP contribution < -0.4 is 10.1 Å². The Kier molecular flexibility index (Phi) is 6.23. The molecular weight excluding hydrogens is 395 g/mol. The Labute approximate surface area is 168 Å². The number of para-hydroxylation sites is 1. The lowest BCUT2D eigenvalue weighted by Gasteiger charge is -2.19. The summed E-state index contributed by atoms with van der Waals surface area (Å²) < 4.78 is 44.8. The van der Waals surface area contributed by atoms with Gasteiger partial charge in [-0.2, -0.15) is 0 Å². The number of amides is 1. The van der Waals surface area contributed by atoms with Crippen LogP contribution in [0.3, 0.4) is 0 Å². The molecule has 1 atom stereocenters. The van der Waals surface area contributed by atoms with Crippen LogP contribution in [0.2, 0.25) is 0 Å². The molecule has 29 heavy (non-hydrogen) atoms. The van der Waals surface area contributed by atoms with E-state index in [-0.39, 0.29) is 11.4 Å². The minimum atomic E-state index is -3.92. The lowest BCUT2D eigenvalue weighted by atomic mass is 10.1. The fraction of sp³-hybridized carbons (Fsp3) is 0.143. The van der Waals surface area contributed by atoms with Crippen LogP contribution in [0.4, 0.5) is 4.39 Å².